The average Bonchev–Trinajstić information content (AvgIpc) is 3.04. The zero-order valence-electron chi connectivity index (χ0n) is 12.6. The molecule has 4 heteroatoms. The van der Waals surface area contributed by atoms with Crippen LogP contribution in [-0.2, 0) is 13.0 Å². The van der Waals surface area contributed by atoms with E-state index in [0.717, 1.165) is 56.5 Å². The minimum absolute atomic E-state index is 0.723. The summed E-state index contributed by atoms with van der Waals surface area (Å²) >= 11 is 0. The van der Waals surface area contributed by atoms with Crippen LogP contribution in [0.25, 0.3) is 0 Å². The van der Waals surface area contributed by atoms with Gasteiger partial charge in [-0.15, -0.1) is 0 Å². The van der Waals surface area contributed by atoms with Crippen molar-refractivity contribution in [2.75, 3.05) is 37.0 Å². The molecule has 0 unspecified atom stereocenters. The first-order valence-corrected chi connectivity index (χ1v) is 7.93. The summed E-state index contributed by atoms with van der Waals surface area (Å²) in [6.45, 7) is 4.61. The van der Waals surface area contributed by atoms with Crippen LogP contribution < -0.4 is 15.4 Å². The lowest BCUT2D eigenvalue weighted by Crippen LogP contribution is -2.33. The highest BCUT2D eigenvalue weighted by Gasteiger charge is 2.17. The van der Waals surface area contributed by atoms with Crippen molar-refractivity contribution in [2.24, 2.45) is 0 Å². The zero-order valence-corrected chi connectivity index (χ0v) is 12.6. The molecule has 0 spiro atoms. The van der Waals surface area contributed by atoms with Crippen LogP contribution >= 0.6 is 0 Å². The number of para-hydroxylation sites is 1. The van der Waals surface area contributed by atoms with Crippen molar-refractivity contribution in [3.05, 3.63) is 53.6 Å². The van der Waals surface area contributed by atoms with Gasteiger partial charge in [0.15, 0.2) is 0 Å². The summed E-state index contributed by atoms with van der Waals surface area (Å²) < 4.78 is 6.00. The average molecular weight is 295 g/mol. The Hall–Kier alpha value is -2.20. The van der Waals surface area contributed by atoms with E-state index in [4.69, 9.17) is 4.74 Å². The SMILES string of the molecule is c1ccc2c(c1)CCN(CCOc1cccc3c1NCN3)C2. The van der Waals surface area contributed by atoms with Crippen LogP contribution in [0.5, 0.6) is 5.75 Å². The third kappa shape index (κ3) is 2.62. The Morgan fingerprint density at radius 3 is 2.86 bits per heavy atom. The fraction of sp³-hybridized carbons (Fsp3) is 0.333. The van der Waals surface area contributed by atoms with E-state index >= 15 is 0 Å². The number of hydrogen-bond acceptors (Lipinski definition) is 4. The summed E-state index contributed by atoms with van der Waals surface area (Å²) in [5, 5.41) is 6.61. The van der Waals surface area contributed by atoms with Gasteiger partial charge in [-0.3, -0.25) is 4.90 Å². The van der Waals surface area contributed by atoms with E-state index in [-0.39, 0.29) is 0 Å². The molecular weight excluding hydrogens is 274 g/mol. The molecule has 0 fully saturated rings. The molecular formula is C18H21N3O. The maximum Gasteiger partial charge on any atom is 0.144 e. The summed E-state index contributed by atoms with van der Waals surface area (Å²) in [5.41, 5.74) is 5.17. The first kappa shape index (κ1) is 13.5. The molecule has 0 aromatic heterocycles. The molecule has 2 N–H and O–H groups in total. The largest absolute Gasteiger partial charge is 0.490 e. The highest BCUT2D eigenvalue weighted by Crippen LogP contribution is 2.35. The van der Waals surface area contributed by atoms with Gasteiger partial charge in [0.05, 0.1) is 12.4 Å². The van der Waals surface area contributed by atoms with Gasteiger partial charge in [0.2, 0.25) is 0 Å². The van der Waals surface area contributed by atoms with Crippen molar-refractivity contribution in [3.63, 3.8) is 0 Å². The molecule has 114 valence electrons. The number of nitrogens with zero attached hydrogens (tertiary/aromatic N) is 1. The second-order valence-corrected chi connectivity index (χ2v) is 5.85. The van der Waals surface area contributed by atoms with Crippen molar-refractivity contribution in [2.45, 2.75) is 13.0 Å². The predicted octanol–water partition coefficient (Wildman–Crippen LogP) is 2.92. The number of ether oxygens (including phenoxy) is 1. The van der Waals surface area contributed by atoms with Gasteiger partial charge in [-0.2, -0.15) is 0 Å². The molecule has 22 heavy (non-hydrogen) atoms. The van der Waals surface area contributed by atoms with Gasteiger partial charge in [-0.05, 0) is 29.7 Å². The van der Waals surface area contributed by atoms with E-state index in [1.807, 2.05) is 12.1 Å². The second-order valence-electron chi connectivity index (χ2n) is 5.85. The topological polar surface area (TPSA) is 36.5 Å². The summed E-state index contributed by atoms with van der Waals surface area (Å²) in [6.07, 6.45) is 1.14. The van der Waals surface area contributed by atoms with Crippen molar-refractivity contribution in [1.82, 2.24) is 4.90 Å². The Morgan fingerprint density at radius 2 is 1.91 bits per heavy atom. The van der Waals surface area contributed by atoms with Crippen molar-refractivity contribution >= 4 is 11.4 Å². The number of fused-ring (bicyclic) bond motifs is 2. The van der Waals surface area contributed by atoms with Crippen LogP contribution in [0.2, 0.25) is 0 Å². The summed E-state index contributed by atoms with van der Waals surface area (Å²) in [4.78, 5) is 2.47. The first-order valence-electron chi connectivity index (χ1n) is 7.93. The van der Waals surface area contributed by atoms with Crippen LogP contribution in [0, 0.1) is 0 Å². The van der Waals surface area contributed by atoms with Gasteiger partial charge in [-0.1, -0.05) is 30.3 Å². The molecule has 2 aromatic carbocycles. The maximum atomic E-state index is 6.00. The third-order valence-corrected chi connectivity index (χ3v) is 4.45. The van der Waals surface area contributed by atoms with E-state index in [1.54, 1.807) is 0 Å². The van der Waals surface area contributed by atoms with Crippen LogP contribution in [0.4, 0.5) is 11.4 Å². The van der Waals surface area contributed by atoms with Crippen molar-refractivity contribution in [3.8, 4) is 5.75 Å². The first-order chi connectivity index (χ1) is 10.9. The third-order valence-electron chi connectivity index (χ3n) is 4.45. The quantitative estimate of drug-likeness (QED) is 0.909. The fourth-order valence-electron chi connectivity index (χ4n) is 3.24. The van der Waals surface area contributed by atoms with E-state index in [9.17, 15) is 0 Å². The molecule has 0 amide bonds. The Morgan fingerprint density at radius 1 is 1.00 bits per heavy atom. The van der Waals surface area contributed by atoms with E-state index in [0.29, 0.717) is 0 Å². The van der Waals surface area contributed by atoms with Gasteiger partial charge in [0, 0.05) is 19.6 Å². The fourth-order valence-corrected chi connectivity index (χ4v) is 3.24. The Bertz CT molecular complexity index is 671. The zero-order chi connectivity index (χ0) is 14.8. The normalized spacial score (nSPS) is 16.4. The highest BCUT2D eigenvalue weighted by molar-refractivity contribution is 5.79. The molecule has 2 heterocycles. The molecule has 0 saturated heterocycles. The lowest BCUT2D eigenvalue weighted by Gasteiger charge is -2.28. The van der Waals surface area contributed by atoms with E-state index in [2.05, 4.69) is 45.9 Å². The highest BCUT2D eigenvalue weighted by atomic mass is 16.5. The lowest BCUT2D eigenvalue weighted by molar-refractivity contribution is 0.197. The van der Waals surface area contributed by atoms with Crippen LogP contribution in [0.3, 0.4) is 0 Å². The molecule has 0 radical (unpaired) electrons. The van der Waals surface area contributed by atoms with E-state index in [1.165, 1.54) is 11.1 Å². The van der Waals surface area contributed by atoms with Gasteiger partial charge in [0.25, 0.3) is 0 Å². The Labute approximate surface area is 131 Å². The Kier molecular flexibility index (Phi) is 3.60. The van der Waals surface area contributed by atoms with E-state index < -0.39 is 0 Å². The molecule has 0 aliphatic carbocycles. The molecule has 4 nitrogen and oxygen atoms in total. The Balaban J connectivity index is 1.34. The standard InChI is InChI=1S/C18H21N3O/c1-2-5-15-12-21(9-8-14(15)4-1)10-11-22-17-7-3-6-16-18(17)20-13-19-16/h1-7,19-20H,8-13H2. The molecule has 2 aromatic rings. The minimum atomic E-state index is 0.723. The minimum Gasteiger partial charge on any atom is -0.490 e. The number of nitrogens with one attached hydrogen (secondary N) is 2. The number of hydrogen-bond donors (Lipinski definition) is 2. The van der Waals surface area contributed by atoms with Crippen molar-refractivity contribution in [1.29, 1.82) is 0 Å². The second kappa shape index (κ2) is 5.89. The van der Waals surface area contributed by atoms with Crippen LogP contribution in [-0.4, -0.2) is 31.3 Å². The van der Waals surface area contributed by atoms with Gasteiger partial charge in [0.1, 0.15) is 18.0 Å². The van der Waals surface area contributed by atoms with Gasteiger partial charge < -0.3 is 15.4 Å². The smallest absolute Gasteiger partial charge is 0.144 e. The maximum absolute atomic E-state index is 6.00. The summed E-state index contributed by atoms with van der Waals surface area (Å²) in [7, 11) is 0. The number of benzene rings is 2. The molecule has 2 aliphatic heterocycles. The van der Waals surface area contributed by atoms with Crippen LogP contribution in [0.1, 0.15) is 11.1 Å². The van der Waals surface area contributed by atoms with Crippen LogP contribution in [0.15, 0.2) is 42.5 Å². The summed E-state index contributed by atoms with van der Waals surface area (Å²) in [5.74, 6) is 0.944. The van der Waals surface area contributed by atoms with Gasteiger partial charge in [-0.25, -0.2) is 0 Å². The monoisotopic (exact) mass is 295 g/mol. The number of rotatable bonds is 4. The molecule has 4 rings (SSSR count). The molecule has 0 atom stereocenters. The van der Waals surface area contributed by atoms with Gasteiger partial charge >= 0.3 is 0 Å². The van der Waals surface area contributed by atoms with Crippen molar-refractivity contribution < 1.29 is 4.74 Å². The summed E-state index contributed by atoms with van der Waals surface area (Å²) in [6, 6.07) is 14.9. The predicted molar refractivity (Wildman–Crippen MR) is 89.5 cm³/mol. The lowest BCUT2D eigenvalue weighted by atomic mass is 10.0. The molecule has 2 aliphatic rings. The number of anilines is 2. The molecule has 0 saturated carbocycles. The molecule has 0 bridgehead atoms.